The molecule has 2 aromatic heterocycles. The fraction of sp³-hybridized carbons (Fsp3) is 0.125. The van der Waals surface area contributed by atoms with Crippen LogP contribution >= 0.6 is 0 Å². The molecule has 7 nitrogen and oxygen atoms in total. The molecule has 0 spiro atoms. The zero-order chi connectivity index (χ0) is 10.5. The van der Waals surface area contributed by atoms with Gasteiger partial charge in [-0.25, -0.2) is 4.98 Å². The van der Waals surface area contributed by atoms with Gasteiger partial charge in [0.25, 0.3) is 11.9 Å². The first-order valence-corrected chi connectivity index (χ1v) is 4.13. The van der Waals surface area contributed by atoms with Crippen LogP contribution in [0.3, 0.4) is 0 Å². The van der Waals surface area contributed by atoms with Crippen molar-refractivity contribution in [3.8, 4) is 18.3 Å². The quantitative estimate of drug-likeness (QED) is 0.674. The van der Waals surface area contributed by atoms with Gasteiger partial charge in [0.2, 0.25) is 0 Å². The molecule has 0 unspecified atom stereocenters. The number of nitrogens with one attached hydrogen (secondary N) is 1. The van der Waals surface area contributed by atoms with E-state index >= 15 is 0 Å². The van der Waals surface area contributed by atoms with E-state index in [0.29, 0.717) is 18.4 Å². The van der Waals surface area contributed by atoms with E-state index in [2.05, 4.69) is 36.6 Å². The van der Waals surface area contributed by atoms with E-state index in [1.165, 1.54) is 0 Å². The molecule has 0 bridgehead atoms. The van der Waals surface area contributed by atoms with Gasteiger partial charge in [0.15, 0.2) is 0 Å². The summed E-state index contributed by atoms with van der Waals surface area (Å²) in [5.41, 5.74) is 0. The Hall–Kier alpha value is -2.49. The van der Waals surface area contributed by atoms with Crippen LogP contribution in [0, 0.1) is 12.3 Å². The lowest BCUT2D eigenvalue weighted by molar-refractivity contribution is 0.784. The highest BCUT2D eigenvalue weighted by molar-refractivity contribution is 5.23. The van der Waals surface area contributed by atoms with Crippen LogP contribution < -0.4 is 5.32 Å². The topological polar surface area (TPSA) is 81.4 Å². The van der Waals surface area contributed by atoms with E-state index in [9.17, 15) is 0 Å². The second-order valence-electron chi connectivity index (χ2n) is 2.55. The third-order valence-corrected chi connectivity index (χ3v) is 1.55. The molecule has 0 radical (unpaired) electrons. The summed E-state index contributed by atoms with van der Waals surface area (Å²) in [4.78, 5) is 3.86. The normalized spacial score (nSPS) is 9.53. The molecule has 0 aliphatic heterocycles. The van der Waals surface area contributed by atoms with Gasteiger partial charge in [0, 0.05) is 12.4 Å². The van der Waals surface area contributed by atoms with E-state index in [1.54, 1.807) is 23.3 Å². The number of nitrogens with zero attached hydrogens (tertiary/aromatic N) is 6. The van der Waals surface area contributed by atoms with Gasteiger partial charge in [-0.05, 0) is 0 Å². The Morgan fingerprint density at radius 1 is 1.33 bits per heavy atom. The largest absolute Gasteiger partial charge is 0.341 e. The summed E-state index contributed by atoms with van der Waals surface area (Å²) in [6.07, 6.45) is 9.95. The summed E-state index contributed by atoms with van der Waals surface area (Å²) < 4.78 is 1.60. The smallest absolute Gasteiger partial charge is 0.274 e. The molecule has 0 atom stereocenters. The maximum atomic E-state index is 5.06. The first kappa shape index (κ1) is 9.08. The first-order chi connectivity index (χ1) is 7.40. The van der Waals surface area contributed by atoms with Crippen molar-refractivity contribution in [3.63, 3.8) is 0 Å². The molecule has 74 valence electrons. The van der Waals surface area contributed by atoms with Gasteiger partial charge in [-0.3, -0.25) is 4.57 Å². The van der Waals surface area contributed by atoms with Crippen molar-refractivity contribution in [3.05, 3.63) is 18.7 Å². The third kappa shape index (κ3) is 2.05. The highest BCUT2D eigenvalue weighted by Gasteiger charge is 2.01. The fourth-order valence-corrected chi connectivity index (χ4v) is 0.906. The van der Waals surface area contributed by atoms with E-state index in [-0.39, 0.29) is 0 Å². The predicted molar refractivity (Wildman–Crippen MR) is 52.1 cm³/mol. The minimum atomic E-state index is 0.303. The highest BCUT2D eigenvalue weighted by Crippen LogP contribution is 1.97. The lowest BCUT2D eigenvalue weighted by atomic mass is 10.7. The minimum absolute atomic E-state index is 0.303. The number of aromatic nitrogens is 6. The van der Waals surface area contributed by atoms with E-state index in [4.69, 9.17) is 6.42 Å². The SMILES string of the molecule is C#CCNc1nnc(-n2ccnc2)nn1. The Morgan fingerprint density at radius 2 is 2.13 bits per heavy atom. The Morgan fingerprint density at radius 3 is 2.73 bits per heavy atom. The van der Waals surface area contributed by atoms with Crippen LogP contribution in [0.1, 0.15) is 0 Å². The van der Waals surface area contributed by atoms with E-state index in [1.807, 2.05) is 0 Å². The summed E-state index contributed by atoms with van der Waals surface area (Å²) in [6.45, 7) is 0.341. The fourth-order valence-electron chi connectivity index (χ4n) is 0.906. The highest BCUT2D eigenvalue weighted by atomic mass is 15.4. The molecule has 0 saturated carbocycles. The van der Waals surface area contributed by atoms with Crippen molar-refractivity contribution in [2.75, 3.05) is 11.9 Å². The van der Waals surface area contributed by atoms with Gasteiger partial charge in [-0.15, -0.1) is 26.8 Å². The van der Waals surface area contributed by atoms with Crippen molar-refractivity contribution in [1.82, 2.24) is 29.9 Å². The van der Waals surface area contributed by atoms with Crippen molar-refractivity contribution >= 4 is 5.95 Å². The zero-order valence-corrected chi connectivity index (χ0v) is 7.70. The molecule has 0 aliphatic rings. The van der Waals surface area contributed by atoms with Crippen LogP contribution in [0.4, 0.5) is 5.95 Å². The summed E-state index contributed by atoms with van der Waals surface area (Å²) >= 11 is 0. The van der Waals surface area contributed by atoms with Gasteiger partial charge < -0.3 is 5.32 Å². The monoisotopic (exact) mass is 201 g/mol. The number of terminal acetylenes is 1. The Balaban J connectivity index is 2.15. The van der Waals surface area contributed by atoms with E-state index in [0.717, 1.165) is 0 Å². The Labute approximate surface area is 85.6 Å². The molecule has 0 fully saturated rings. The van der Waals surface area contributed by atoms with Gasteiger partial charge in [-0.1, -0.05) is 5.92 Å². The second kappa shape index (κ2) is 4.15. The molecule has 0 amide bonds. The molecule has 2 rings (SSSR count). The molecule has 0 aromatic carbocycles. The van der Waals surface area contributed by atoms with Crippen LogP contribution in [0.15, 0.2) is 18.7 Å². The molecular weight excluding hydrogens is 194 g/mol. The number of hydrogen-bond donors (Lipinski definition) is 1. The zero-order valence-electron chi connectivity index (χ0n) is 7.70. The molecule has 2 aromatic rings. The summed E-state index contributed by atoms with van der Waals surface area (Å²) in [5, 5.41) is 18.0. The van der Waals surface area contributed by atoms with Crippen molar-refractivity contribution in [2.24, 2.45) is 0 Å². The maximum absolute atomic E-state index is 5.06. The number of anilines is 1. The average molecular weight is 201 g/mol. The lowest BCUT2D eigenvalue weighted by Crippen LogP contribution is -2.09. The predicted octanol–water partition coefficient (Wildman–Crippen LogP) is -0.503. The van der Waals surface area contributed by atoms with Gasteiger partial charge in [0.1, 0.15) is 6.33 Å². The standard InChI is InChI=1S/C8H7N7/c1-2-3-10-7-11-13-8(14-12-7)15-5-4-9-6-15/h1,4-6H,3H2,(H,10,11,12). The van der Waals surface area contributed by atoms with E-state index < -0.39 is 0 Å². The molecule has 15 heavy (non-hydrogen) atoms. The average Bonchev–Trinajstić information content (AvgIpc) is 2.80. The summed E-state index contributed by atoms with van der Waals surface area (Å²) in [5.74, 6) is 3.06. The third-order valence-electron chi connectivity index (χ3n) is 1.55. The van der Waals surface area contributed by atoms with Crippen molar-refractivity contribution < 1.29 is 0 Å². The molecule has 0 saturated heterocycles. The Bertz CT molecular complexity index is 453. The second-order valence-corrected chi connectivity index (χ2v) is 2.55. The maximum Gasteiger partial charge on any atom is 0.274 e. The molecular formula is C8H7N7. The van der Waals surface area contributed by atoms with Crippen LogP contribution in [-0.2, 0) is 0 Å². The number of imidazole rings is 1. The summed E-state index contributed by atoms with van der Waals surface area (Å²) in [6, 6.07) is 0. The van der Waals surface area contributed by atoms with Crippen LogP contribution in [0.25, 0.3) is 5.95 Å². The number of rotatable bonds is 3. The van der Waals surface area contributed by atoms with Gasteiger partial charge in [-0.2, -0.15) is 0 Å². The van der Waals surface area contributed by atoms with Gasteiger partial charge >= 0.3 is 0 Å². The Kier molecular flexibility index (Phi) is 2.51. The van der Waals surface area contributed by atoms with Crippen molar-refractivity contribution in [2.45, 2.75) is 0 Å². The van der Waals surface area contributed by atoms with Crippen molar-refractivity contribution in [1.29, 1.82) is 0 Å². The minimum Gasteiger partial charge on any atom is -0.341 e. The molecule has 0 aliphatic carbocycles. The molecule has 7 heteroatoms. The lowest BCUT2D eigenvalue weighted by Gasteiger charge is -1.99. The first-order valence-electron chi connectivity index (χ1n) is 4.13. The molecule has 2 heterocycles. The van der Waals surface area contributed by atoms with Gasteiger partial charge in [0.05, 0.1) is 6.54 Å². The van der Waals surface area contributed by atoms with Crippen LogP contribution in [-0.4, -0.2) is 36.5 Å². The summed E-state index contributed by atoms with van der Waals surface area (Å²) in [7, 11) is 0. The number of hydrogen-bond acceptors (Lipinski definition) is 6. The van der Waals surface area contributed by atoms with Crippen LogP contribution in [0.2, 0.25) is 0 Å². The molecule has 1 N–H and O–H groups in total. The van der Waals surface area contributed by atoms with Crippen LogP contribution in [0.5, 0.6) is 0 Å².